The fourth-order valence-corrected chi connectivity index (χ4v) is 3.77. The van der Waals surface area contributed by atoms with Crippen LogP contribution in [0, 0.1) is 6.92 Å². The second-order valence-electron chi connectivity index (χ2n) is 7.97. The molecule has 1 aromatic heterocycles. The predicted octanol–water partition coefficient (Wildman–Crippen LogP) is 5.85. The van der Waals surface area contributed by atoms with E-state index in [2.05, 4.69) is 4.98 Å². The highest BCUT2D eigenvalue weighted by atomic mass is 19.1. The van der Waals surface area contributed by atoms with E-state index in [-0.39, 0.29) is 12.0 Å². The van der Waals surface area contributed by atoms with Crippen LogP contribution < -0.4 is 4.74 Å². The largest absolute Gasteiger partial charge is 0.493 e. The molecule has 1 atom stereocenters. The molecule has 34 heavy (non-hydrogen) atoms. The van der Waals surface area contributed by atoms with Crippen LogP contribution in [0.25, 0.3) is 11.5 Å². The van der Waals surface area contributed by atoms with Crippen molar-refractivity contribution in [2.75, 3.05) is 13.7 Å². The fourth-order valence-electron chi connectivity index (χ4n) is 3.77. The van der Waals surface area contributed by atoms with Gasteiger partial charge in [-0.05, 0) is 36.8 Å². The molecule has 0 radical (unpaired) electrons. The molecule has 3 aromatic carbocycles. The summed E-state index contributed by atoms with van der Waals surface area (Å²) in [5.74, 6) is 1.09. The van der Waals surface area contributed by atoms with Crippen molar-refractivity contribution < 1.29 is 23.1 Å². The number of aryl methyl sites for hydroxylation is 1. The molecule has 4 aromatic rings. The summed E-state index contributed by atoms with van der Waals surface area (Å²) in [6.45, 7) is 2.31. The van der Waals surface area contributed by atoms with E-state index < -0.39 is 11.6 Å². The van der Waals surface area contributed by atoms with Crippen molar-refractivity contribution in [1.82, 2.24) is 4.98 Å². The number of hydrogen-bond donors (Lipinski definition) is 0. The highest BCUT2D eigenvalue weighted by Crippen LogP contribution is 2.32. The first kappa shape index (κ1) is 23.2. The van der Waals surface area contributed by atoms with Gasteiger partial charge >= 0.3 is 5.97 Å². The molecule has 174 valence electrons. The minimum Gasteiger partial charge on any atom is -0.493 e. The van der Waals surface area contributed by atoms with Crippen LogP contribution in [0.5, 0.6) is 5.75 Å². The molecular formula is C28H26FNO4. The molecular weight excluding hydrogens is 433 g/mol. The Kier molecular flexibility index (Phi) is 7.07. The average molecular weight is 460 g/mol. The molecule has 1 heterocycles. The van der Waals surface area contributed by atoms with E-state index in [1.807, 2.05) is 37.3 Å². The number of alkyl halides is 1. The SMILES string of the molecule is COC(=O)C(F)(Cc1ccc(OCCc2nc(-c3ccccc3)oc2C)cc1)c1ccccc1. The van der Waals surface area contributed by atoms with E-state index in [0.29, 0.717) is 30.2 Å². The third-order valence-corrected chi connectivity index (χ3v) is 5.63. The number of ether oxygens (including phenoxy) is 2. The molecule has 0 bridgehead atoms. The van der Waals surface area contributed by atoms with E-state index in [1.165, 1.54) is 7.11 Å². The van der Waals surface area contributed by atoms with E-state index in [1.54, 1.807) is 54.6 Å². The van der Waals surface area contributed by atoms with Crippen LogP contribution in [0.3, 0.4) is 0 Å². The first-order chi connectivity index (χ1) is 16.5. The Morgan fingerprint density at radius 1 is 0.971 bits per heavy atom. The molecule has 0 N–H and O–H groups in total. The molecule has 0 saturated carbocycles. The van der Waals surface area contributed by atoms with E-state index >= 15 is 4.39 Å². The maximum atomic E-state index is 15.7. The van der Waals surface area contributed by atoms with Gasteiger partial charge in [0.15, 0.2) is 0 Å². The number of nitrogens with zero attached hydrogens (tertiary/aromatic N) is 1. The van der Waals surface area contributed by atoms with Gasteiger partial charge in [-0.2, -0.15) is 0 Å². The van der Waals surface area contributed by atoms with Crippen molar-refractivity contribution in [2.24, 2.45) is 0 Å². The lowest BCUT2D eigenvalue weighted by atomic mass is 9.89. The third kappa shape index (κ3) is 5.17. The first-order valence-corrected chi connectivity index (χ1v) is 11.1. The molecule has 0 saturated heterocycles. The van der Waals surface area contributed by atoms with Crippen LogP contribution in [0.2, 0.25) is 0 Å². The summed E-state index contributed by atoms with van der Waals surface area (Å²) in [7, 11) is 1.19. The van der Waals surface area contributed by atoms with Gasteiger partial charge in [-0.25, -0.2) is 14.2 Å². The Labute approximate surface area is 198 Å². The van der Waals surface area contributed by atoms with E-state index in [9.17, 15) is 4.79 Å². The highest BCUT2D eigenvalue weighted by Gasteiger charge is 2.42. The summed E-state index contributed by atoms with van der Waals surface area (Å²) >= 11 is 0. The molecule has 6 heteroatoms. The monoisotopic (exact) mass is 459 g/mol. The molecule has 0 spiro atoms. The number of benzene rings is 3. The number of rotatable bonds is 9. The standard InChI is InChI=1S/C28H26FNO4/c1-20-25(30-26(34-20)22-9-5-3-6-10-22)17-18-33-24-15-13-21(14-16-24)19-28(29,27(31)32-2)23-11-7-4-8-12-23/h3-16H,17-19H2,1-2H3. The van der Waals surface area contributed by atoms with Crippen molar-refractivity contribution >= 4 is 5.97 Å². The summed E-state index contributed by atoms with van der Waals surface area (Å²) in [6.07, 6.45) is 0.457. The Bertz CT molecular complexity index is 1220. The predicted molar refractivity (Wildman–Crippen MR) is 127 cm³/mol. The van der Waals surface area contributed by atoms with E-state index in [0.717, 1.165) is 17.0 Å². The minimum absolute atomic E-state index is 0.135. The van der Waals surface area contributed by atoms with Gasteiger partial charge in [0, 0.05) is 24.0 Å². The van der Waals surface area contributed by atoms with Gasteiger partial charge in [0.2, 0.25) is 11.6 Å². The molecule has 4 rings (SSSR count). The third-order valence-electron chi connectivity index (χ3n) is 5.63. The molecule has 0 aliphatic carbocycles. The van der Waals surface area contributed by atoms with Crippen LogP contribution >= 0.6 is 0 Å². The fraction of sp³-hybridized carbons (Fsp3) is 0.214. The van der Waals surface area contributed by atoms with Gasteiger partial charge in [-0.3, -0.25) is 0 Å². The lowest BCUT2D eigenvalue weighted by Gasteiger charge is -2.23. The summed E-state index contributed by atoms with van der Waals surface area (Å²) in [6, 6.07) is 25.1. The van der Waals surface area contributed by atoms with Crippen LogP contribution in [0.1, 0.15) is 22.6 Å². The lowest BCUT2D eigenvalue weighted by molar-refractivity contribution is -0.155. The second kappa shape index (κ2) is 10.3. The average Bonchev–Trinajstić information content (AvgIpc) is 3.26. The van der Waals surface area contributed by atoms with Crippen LogP contribution in [-0.2, 0) is 28.0 Å². The molecule has 0 amide bonds. The number of halogens is 1. The summed E-state index contributed by atoms with van der Waals surface area (Å²) in [5, 5.41) is 0. The lowest BCUT2D eigenvalue weighted by Crippen LogP contribution is -2.34. The molecule has 5 nitrogen and oxygen atoms in total. The Hall–Kier alpha value is -3.93. The van der Waals surface area contributed by atoms with Crippen molar-refractivity contribution in [3.05, 3.63) is 108 Å². The van der Waals surface area contributed by atoms with Crippen LogP contribution in [0.15, 0.2) is 89.3 Å². The Balaban J connectivity index is 1.38. The van der Waals surface area contributed by atoms with Crippen LogP contribution in [-0.4, -0.2) is 24.7 Å². The molecule has 1 unspecified atom stereocenters. The van der Waals surface area contributed by atoms with Gasteiger partial charge in [-0.15, -0.1) is 0 Å². The normalized spacial score (nSPS) is 12.7. The van der Waals surface area contributed by atoms with Crippen molar-refractivity contribution in [2.45, 2.75) is 25.4 Å². The number of hydrogen-bond acceptors (Lipinski definition) is 5. The molecule has 0 fully saturated rings. The summed E-state index contributed by atoms with van der Waals surface area (Å²) in [4.78, 5) is 16.9. The van der Waals surface area contributed by atoms with Crippen molar-refractivity contribution in [3.8, 4) is 17.2 Å². The number of oxazole rings is 1. The molecule has 0 aliphatic rings. The number of esters is 1. The zero-order valence-corrected chi connectivity index (χ0v) is 19.2. The Morgan fingerprint density at radius 2 is 1.62 bits per heavy atom. The summed E-state index contributed by atoms with van der Waals surface area (Å²) < 4.78 is 32.1. The minimum atomic E-state index is -2.26. The van der Waals surface area contributed by atoms with Crippen LogP contribution in [0.4, 0.5) is 4.39 Å². The zero-order chi connectivity index (χ0) is 24.0. The smallest absolute Gasteiger partial charge is 0.348 e. The topological polar surface area (TPSA) is 61.6 Å². The van der Waals surface area contributed by atoms with Gasteiger partial charge in [-0.1, -0.05) is 60.7 Å². The number of carbonyl (C=O) groups excluding carboxylic acids is 1. The molecule has 0 aliphatic heterocycles. The van der Waals surface area contributed by atoms with Gasteiger partial charge in [0.1, 0.15) is 11.5 Å². The second-order valence-corrected chi connectivity index (χ2v) is 7.97. The van der Waals surface area contributed by atoms with Gasteiger partial charge < -0.3 is 13.9 Å². The maximum Gasteiger partial charge on any atom is 0.348 e. The summed E-state index contributed by atoms with van der Waals surface area (Å²) in [5.41, 5.74) is 0.432. The maximum absolute atomic E-state index is 15.7. The van der Waals surface area contributed by atoms with Crippen molar-refractivity contribution in [3.63, 3.8) is 0 Å². The number of aromatic nitrogens is 1. The quantitative estimate of drug-likeness (QED) is 0.294. The van der Waals surface area contributed by atoms with Gasteiger partial charge in [0.05, 0.1) is 19.4 Å². The number of methoxy groups -OCH3 is 1. The van der Waals surface area contributed by atoms with Crippen molar-refractivity contribution in [1.29, 1.82) is 0 Å². The Morgan fingerprint density at radius 3 is 2.26 bits per heavy atom. The van der Waals surface area contributed by atoms with Gasteiger partial charge in [0.25, 0.3) is 0 Å². The first-order valence-electron chi connectivity index (χ1n) is 11.1. The van der Waals surface area contributed by atoms with E-state index in [4.69, 9.17) is 13.9 Å². The number of carbonyl (C=O) groups is 1. The zero-order valence-electron chi connectivity index (χ0n) is 19.2. The highest BCUT2D eigenvalue weighted by molar-refractivity contribution is 5.81.